The Morgan fingerprint density at radius 1 is 1.21 bits per heavy atom. The third-order valence-electron chi connectivity index (χ3n) is 5.37. The van der Waals surface area contributed by atoms with E-state index in [1.165, 1.54) is 32.4 Å². The van der Waals surface area contributed by atoms with Crippen LogP contribution < -0.4 is 5.73 Å². The summed E-state index contributed by atoms with van der Waals surface area (Å²) in [6.45, 7) is 7.17. The van der Waals surface area contributed by atoms with Gasteiger partial charge in [-0.25, -0.2) is 0 Å². The molecular formula is C15H28N2O2. The highest BCUT2D eigenvalue weighted by Gasteiger charge is 2.42. The van der Waals surface area contributed by atoms with Crippen molar-refractivity contribution >= 4 is 0 Å². The summed E-state index contributed by atoms with van der Waals surface area (Å²) in [6, 6.07) is 1.05. The van der Waals surface area contributed by atoms with Gasteiger partial charge in [0.1, 0.15) is 0 Å². The van der Waals surface area contributed by atoms with Crippen LogP contribution in [0.1, 0.15) is 39.0 Å². The van der Waals surface area contributed by atoms with Gasteiger partial charge in [-0.3, -0.25) is 0 Å². The molecule has 0 amide bonds. The predicted molar refractivity (Wildman–Crippen MR) is 75.1 cm³/mol. The van der Waals surface area contributed by atoms with Gasteiger partial charge in [0.2, 0.25) is 0 Å². The Hall–Kier alpha value is -0.160. The Bertz CT molecular complexity index is 295. The third kappa shape index (κ3) is 2.97. The highest BCUT2D eigenvalue weighted by Crippen LogP contribution is 2.36. The van der Waals surface area contributed by atoms with E-state index in [1.54, 1.807) is 0 Å². The predicted octanol–water partition coefficient (Wildman–Crippen LogP) is 1.38. The molecule has 3 fully saturated rings. The number of rotatable bonds is 2. The molecule has 1 spiro atoms. The van der Waals surface area contributed by atoms with Gasteiger partial charge in [0.15, 0.2) is 0 Å². The molecule has 3 rings (SSSR count). The molecule has 3 aliphatic rings. The lowest BCUT2D eigenvalue weighted by Crippen LogP contribution is -2.52. The van der Waals surface area contributed by atoms with Crippen LogP contribution >= 0.6 is 0 Å². The third-order valence-corrected chi connectivity index (χ3v) is 5.37. The maximum Gasteiger partial charge on any atom is 0.0951 e. The molecule has 0 bridgehead atoms. The molecule has 3 heterocycles. The van der Waals surface area contributed by atoms with Crippen molar-refractivity contribution in [3.05, 3.63) is 0 Å². The molecule has 0 aromatic carbocycles. The molecule has 2 N–H and O–H groups in total. The monoisotopic (exact) mass is 268 g/mol. The van der Waals surface area contributed by atoms with Crippen LogP contribution in [-0.4, -0.2) is 55.5 Å². The summed E-state index contributed by atoms with van der Waals surface area (Å²) in [6.07, 6.45) is 5.96. The van der Waals surface area contributed by atoms with Crippen LogP contribution in [0.2, 0.25) is 0 Å². The summed E-state index contributed by atoms with van der Waals surface area (Å²) in [7, 11) is 0. The van der Waals surface area contributed by atoms with Gasteiger partial charge >= 0.3 is 0 Å². The van der Waals surface area contributed by atoms with Gasteiger partial charge in [0, 0.05) is 31.7 Å². The number of nitrogens with two attached hydrogens (primary N) is 1. The van der Waals surface area contributed by atoms with E-state index >= 15 is 0 Å². The van der Waals surface area contributed by atoms with E-state index in [0.717, 1.165) is 38.6 Å². The first-order valence-corrected chi connectivity index (χ1v) is 7.90. The normalized spacial score (nSPS) is 39.8. The van der Waals surface area contributed by atoms with E-state index in [9.17, 15) is 0 Å². The number of ether oxygens (including phenoxy) is 2. The zero-order chi connectivity index (χ0) is 13.3. The smallest absolute Gasteiger partial charge is 0.0951 e. The van der Waals surface area contributed by atoms with Crippen molar-refractivity contribution < 1.29 is 9.47 Å². The first-order valence-electron chi connectivity index (χ1n) is 7.90. The van der Waals surface area contributed by atoms with E-state index in [1.807, 2.05) is 0 Å². The Kier molecular flexibility index (Phi) is 4.13. The SMILES string of the molecule is CC(N)C1CCN(C2CCOC3(CCOC3)C2)CC1. The number of likely N-dealkylation sites (tertiary alicyclic amines) is 1. The minimum absolute atomic E-state index is 0.0426. The second-order valence-corrected chi connectivity index (χ2v) is 6.71. The Labute approximate surface area is 116 Å². The highest BCUT2D eigenvalue weighted by molar-refractivity contribution is 4.94. The second kappa shape index (κ2) is 5.68. The maximum atomic E-state index is 6.04. The Morgan fingerprint density at radius 2 is 2.00 bits per heavy atom. The molecule has 3 saturated heterocycles. The molecule has 19 heavy (non-hydrogen) atoms. The van der Waals surface area contributed by atoms with Crippen molar-refractivity contribution in [2.24, 2.45) is 11.7 Å². The average molecular weight is 268 g/mol. The highest BCUT2D eigenvalue weighted by atomic mass is 16.6. The first kappa shape index (κ1) is 13.8. The van der Waals surface area contributed by atoms with Gasteiger partial charge < -0.3 is 20.1 Å². The van der Waals surface area contributed by atoms with E-state index in [-0.39, 0.29) is 5.60 Å². The van der Waals surface area contributed by atoms with Gasteiger partial charge in [-0.15, -0.1) is 0 Å². The first-order chi connectivity index (χ1) is 9.19. The van der Waals surface area contributed by atoms with Crippen molar-refractivity contribution in [2.75, 3.05) is 32.9 Å². The number of piperidine rings is 1. The summed E-state index contributed by atoms with van der Waals surface area (Å²) in [4.78, 5) is 2.68. The van der Waals surface area contributed by atoms with Crippen molar-refractivity contribution in [3.63, 3.8) is 0 Å². The number of nitrogens with zero attached hydrogens (tertiary/aromatic N) is 1. The zero-order valence-corrected chi connectivity index (χ0v) is 12.1. The lowest BCUT2D eigenvalue weighted by Gasteiger charge is -2.45. The zero-order valence-electron chi connectivity index (χ0n) is 12.1. The van der Waals surface area contributed by atoms with Gasteiger partial charge in [-0.1, -0.05) is 0 Å². The minimum Gasteiger partial charge on any atom is -0.378 e. The van der Waals surface area contributed by atoms with Crippen LogP contribution in [0.4, 0.5) is 0 Å². The molecule has 3 aliphatic heterocycles. The molecule has 0 saturated carbocycles. The average Bonchev–Trinajstić information content (AvgIpc) is 2.87. The summed E-state index contributed by atoms with van der Waals surface area (Å²) < 4.78 is 11.6. The molecule has 3 unspecified atom stereocenters. The van der Waals surface area contributed by atoms with Gasteiger partial charge in [-0.05, 0) is 51.6 Å². The fourth-order valence-corrected chi connectivity index (χ4v) is 3.99. The van der Waals surface area contributed by atoms with Crippen LogP contribution in [0.25, 0.3) is 0 Å². The van der Waals surface area contributed by atoms with Crippen LogP contribution in [0.3, 0.4) is 0 Å². The molecular weight excluding hydrogens is 240 g/mol. The topological polar surface area (TPSA) is 47.7 Å². The Balaban J connectivity index is 1.55. The molecule has 110 valence electrons. The molecule has 4 nitrogen and oxygen atoms in total. The van der Waals surface area contributed by atoms with Crippen LogP contribution in [0, 0.1) is 5.92 Å². The summed E-state index contributed by atoms with van der Waals surface area (Å²) in [5.41, 5.74) is 6.07. The van der Waals surface area contributed by atoms with E-state index in [4.69, 9.17) is 15.2 Å². The van der Waals surface area contributed by atoms with E-state index < -0.39 is 0 Å². The number of hydrogen-bond acceptors (Lipinski definition) is 4. The molecule has 0 aromatic rings. The number of hydrogen-bond donors (Lipinski definition) is 1. The van der Waals surface area contributed by atoms with Gasteiger partial charge in [0.25, 0.3) is 0 Å². The lowest BCUT2D eigenvalue weighted by molar-refractivity contribution is -0.109. The van der Waals surface area contributed by atoms with Crippen LogP contribution in [0.15, 0.2) is 0 Å². The van der Waals surface area contributed by atoms with Crippen LogP contribution in [0.5, 0.6) is 0 Å². The molecule has 4 heteroatoms. The molecule has 0 aliphatic carbocycles. The van der Waals surface area contributed by atoms with Crippen LogP contribution in [-0.2, 0) is 9.47 Å². The summed E-state index contributed by atoms with van der Waals surface area (Å²) in [5.74, 6) is 0.722. The quantitative estimate of drug-likeness (QED) is 0.822. The Morgan fingerprint density at radius 3 is 2.63 bits per heavy atom. The van der Waals surface area contributed by atoms with Crippen molar-refractivity contribution in [1.82, 2.24) is 4.90 Å². The molecule has 0 aromatic heterocycles. The minimum atomic E-state index is 0.0426. The second-order valence-electron chi connectivity index (χ2n) is 6.71. The maximum absolute atomic E-state index is 6.04. The standard InChI is InChI=1S/C15H28N2O2/c1-12(16)13-2-6-17(7-3-13)14-4-8-19-15(10-14)5-9-18-11-15/h12-14H,2-11,16H2,1H3. The fourth-order valence-electron chi connectivity index (χ4n) is 3.99. The van der Waals surface area contributed by atoms with Gasteiger partial charge in [0.05, 0.1) is 12.2 Å². The summed E-state index contributed by atoms with van der Waals surface area (Å²) in [5, 5.41) is 0. The van der Waals surface area contributed by atoms with E-state index in [2.05, 4.69) is 11.8 Å². The largest absolute Gasteiger partial charge is 0.378 e. The van der Waals surface area contributed by atoms with Crippen molar-refractivity contribution in [2.45, 2.75) is 56.7 Å². The molecule has 0 radical (unpaired) electrons. The van der Waals surface area contributed by atoms with Gasteiger partial charge in [-0.2, -0.15) is 0 Å². The summed E-state index contributed by atoms with van der Waals surface area (Å²) >= 11 is 0. The van der Waals surface area contributed by atoms with Crippen molar-refractivity contribution in [1.29, 1.82) is 0 Å². The molecule has 3 atom stereocenters. The fraction of sp³-hybridized carbons (Fsp3) is 1.00. The van der Waals surface area contributed by atoms with E-state index in [0.29, 0.717) is 12.1 Å². The lowest BCUT2D eigenvalue weighted by atomic mass is 9.85. The van der Waals surface area contributed by atoms with Crippen molar-refractivity contribution in [3.8, 4) is 0 Å².